The molecule has 0 bridgehead atoms. The first kappa shape index (κ1) is 89.2. The van der Waals surface area contributed by atoms with E-state index in [0.29, 0.717) is 16.7 Å². The van der Waals surface area contributed by atoms with Crippen molar-refractivity contribution in [3.63, 3.8) is 0 Å². The van der Waals surface area contributed by atoms with E-state index < -0.39 is 72.0 Å². The molecule has 3 atom stereocenters. The van der Waals surface area contributed by atoms with E-state index in [0.717, 1.165) is 0 Å². The third-order valence-corrected chi connectivity index (χ3v) is 18.4. The van der Waals surface area contributed by atoms with Crippen molar-refractivity contribution in [2.24, 2.45) is 11.7 Å². The van der Waals surface area contributed by atoms with E-state index in [1.807, 2.05) is 28.5 Å². The van der Waals surface area contributed by atoms with E-state index in [9.17, 15) is 104 Å². The summed E-state index contributed by atoms with van der Waals surface area (Å²) >= 11 is 0. The maximum absolute atomic E-state index is 12.0. The monoisotopic (exact) mass is 1550 g/mol. The summed E-state index contributed by atoms with van der Waals surface area (Å²) in [7, 11) is 0. The minimum atomic E-state index is -1.13. The molecule has 15 N–H and O–H groups in total. The van der Waals surface area contributed by atoms with E-state index in [-0.39, 0.29) is 291 Å². The zero-order valence-corrected chi connectivity index (χ0v) is 62.1. The summed E-state index contributed by atoms with van der Waals surface area (Å²) in [5.41, 5.74) is 8.74. The number of benzene rings is 1. The molecule has 3 unspecified atom stereocenters. The van der Waals surface area contributed by atoms with Gasteiger partial charge in [-0.1, -0.05) is 24.3 Å². The lowest BCUT2D eigenvalue weighted by atomic mass is 9.98. The molecule has 5 heterocycles. The number of nitrogens with zero attached hydrogens (tertiary/aromatic N) is 18. The Balaban J connectivity index is 1.32. The van der Waals surface area contributed by atoms with Crippen LogP contribution in [0.5, 0.6) is 5.75 Å². The Labute approximate surface area is 630 Å². The molecular weight excluding hydrogens is 1440 g/mol. The van der Waals surface area contributed by atoms with Crippen molar-refractivity contribution in [2.45, 2.75) is 45.2 Å². The maximum Gasteiger partial charge on any atom is 0.317 e. The highest BCUT2D eigenvalue weighted by atomic mass is 16.5. The van der Waals surface area contributed by atoms with Gasteiger partial charge >= 0.3 is 53.7 Å². The van der Waals surface area contributed by atoms with Crippen LogP contribution in [-0.4, -0.2) is 471 Å². The van der Waals surface area contributed by atoms with Crippen LogP contribution in [0.25, 0.3) is 28.2 Å². The number of nitrogens with two attached hydrogens (primary N) is 1. The van der Waals surface area contributed by atoms with Gasteiger partial charge in [0.1, 0.15) is 17.1 Å². The number of aliphatic hydroxyl groups is 3. The molecule has 0 aliphatic carbocycles. The van der Waals surface area contributed by atoms with Gasteiger partial charge in [0.2, 0.25) is 0 Å². The van der Waals surface area contributed by atoms with Gasteiger partial charge in [0.25, 0.3) is 0 Å². The molecule has 3 aliphatic rings. The molecule has 3 aromatic rings. The van der Waals surface area contributed by atoms with Crippen LogP contribution in [0, 0.1) is 5.92 Å². The predicted molar refractivity (Wildman–Crippen MR) is 389 cm³/mol. The molecule has 3 aliphatic heterocycles. The second kappa shape index (κ2) is 46.1. The average molecular weight is 1550 g/mol. The lowest BCUT2D eigenvalue weighted by molar-refractivity contribution is -0.140. The summed E-state index contributed by atoms with van der Waals surface area (Å²) in [6, 6.07) is 3.43. The number of aromatic nitrogens is 6. The molecule has 0 amide bonds. The normalized spacial score (nSPS) is 19.2. The van der Waals surface area contributed by atoms with Crippen LogP contribution in [0.4, 0.5) is 0 Å². The van der Waals surface area contributed by atoms with Crippen LogP contribution < -0.4 is 15.8 Å². The second-order valence-corrected chi connectivity index (χ2v) is 28.2. The van der Waals surface area contributed by atoms with Gasteiger partial charge < -0.3 is 77.1 Å². The van der Waals surface area contributed by atoms with Gasteiger partial charge in [0.15, 0.2) is 0 Å². The van der Waals surface area contributed by atoms with Gasteiger partial charge in [-0.2, -0.15) is 0 Å². The Morgan fingerprint density at radius 2 is 0.651 bits per heavy atom. The number of carbonyl (C=O) groups is 9. The number of aliphatic carboxylic acids is 9. The lowest BCUT2D eigenvalue weighted by Gasteiger charge is -2.33. The molecular formula is C67H110N20O22. The molecule has 6 rings (SSSR count). The van der Waals surface area contributed by atoms with Crippen molar-refractivity contribution in [3.8, 4) is 28.3 Å². The van der Waals surface area contributed by atoms with E-state index in [1.54, 1.807) is 68.6 Å². The van der Waals surface area contributed by atoms with Crippen molar-refractivity contribution in [1.29, 1.82) is 0 Å². The van der Waals surface area contributed by atoms with Crippen LogP contribution in [0.2, 0.25) is 0 Å². The van der Waals surface area contributed by atoms with E-state index in [4.69, 9.17) is 10.5 Å². The van der Waals surface area contributed by atoms with Gasteiger partial charge in [0.05, 0.1) is 115 Å². The Bertz CT molecular complexity index is 3350. The number of β-amino-alcohol motifs (C(OH)–C–C–N with tert-alkyl or cyclic N) is 3. The maximum atomic E-state index is 12.0. The Morgan fingerprint density at radius 1 is 0.394 bits per heavy atom. The van der Waals surface area contributed by atoms with Crippen molar-refractivity contribution < 1.29 is 109 Å². The zero-order valence-electron chi connectivity index (χ0n) is 62.1. The number of carboxylic acid groups (broad SMARTS) is 9. The summed E-state index contributed by atoms with van der Waals surface area (Å²) in [4.78, 5) is 128. The number of nitrogens with one attached hydrogen (secondary N) is 1. The Morgan fingerprint density at radius 3 is 0.927 bits per heavy atom. The topological polar surface area (TPSA) is 544 Å². The Hall–Kier alpha value is -8.73. The number of hydrogen-bond acceptors (Lipinski definition) is 31. The molecule has 3 fully saturated rings. The largest absolute Gasteiger partial charge is 0.492 e. The van der Waals surface area contributed by atoms with Gasteiger partial charge in [-0.05, 0) is 18.1 Å². The molecule has 0 saturated carbocycles. The molecule has 3 saturated heterocycles. The lowest BCUT2D eigenvalue weighted by Crippen LogP contribution is -2.49. The summed E-state index contributed by atoms with van der Waals surface area (Å²) in [5.74, 6) is -9.61. The van der Waals surface area contributed by atoms with Crippen LogP contribution in [0.3, 0.4) is 0 Å². The van der Waals surface area contributed by atoms with Crippen LogP contribution in [0.15, 0.2) is 30.7 Å². The van der Waals surface area contributed by atoms with Crippen molar-refractivity contribution in [1.82, 2.24) is 94.1 Å². The third-order valence-electron chi connectivity index (χ3n) is 18.4. The average Bonchev–Trinajstić information content (AvgIpc) is 1.75. The fraction of sp³-hybridized carbons (Fsp3) is 0.687. The van der Waals surface area contributed by atoms with Crippen molar-refractivity contribution >= 4 is 59.4 Å². The number of aliphatic hydroxyl groups excluding tert-OH is 3. The van der Waals surface area contributed by atoms with Crippen LogP contribution in [0.1, 0.15) is 19.4 Å². The molecule has 0 radical (unpaired) electrons. The quantitative estimate of drug-likeness (QED) is 0.0255. The molecule has 42 heteroatoms. The molecule has 610 valence electrons. The molecule has 0 spiro atoms. The number of ether oxygens (including phenoxy) is 1. The van der Waals surface area contributed by atoms with Gasteiger partial charge in [0, 0.05) is 206 Å². The molecule has 2 aromatic heterocycles. The SMILES string of the molecule is CC(C)COc1c(/C(N)=C/NCC(O)CN2CCN(CC(=O)O)CCN(CC(=O)O)CCN(CC(=O)O)CC2)cc(-c2cn(CC(O)CN3CCN(CC(=O)O)CCN(CC(=O)O)CCN(CC(=O)O)CC3)nn2)cc1-c1cn(CC(O)CN2CCN(CC(=O)O)CCN(CC(=O)O)CCN(CC(=O)O)CC2)nn1. The Kier molecular flexibility index (Phi) is 37.7. The van der Waals surface area contributed by atoms with E-state index >= 15 is 0 Å². The summed E-state index contributed by atoms with van der Waals surface area (Å²) in [5, 5.41) is 144. The van der Waals surface area contributed by atoms with Crippen molar-refractivity contribution in [2.75, 3.05) is 249 Å². The highest BCUT2D eigenvalue weighted by Crippen LogP contribution is 2.39. The minimum absolute atomic E-state index is 0.0225. The predicted octanol–water partition coefficient (Wildman–Crippen LogP) is -6.41. The first-order valence-electron chi connectivity index (χ1n) is 36.3. The first-order valence-corrected chi connectivity index (χ1v) is 36.3. The van der Waals surface area contributed by atoms with Gasteiger partial charge in [-0.25, -0.2) is 9.36 Å². The minimum Gasteiger partial charge on any atom is -0.492 e. The fourth-order valence-corrected chi connectivity index (χ4v) is 12.9. The van der Waals surface area contributed by atoms with E-state index in [1.165, 1.54) is 15.6 Å². The van der Waals surface area contributed by atoms with Gasteiger partial charge in [-0.3, -0.25) is 102 Å². The van der Waals surface area contributed by atoms with E-state index in [2.05, 4.69) is 25.9 Å². The summed E-state index contributed by atoms with van der Waals surface area (Å²) < 4.78 is 9.47. The highest BCUT2D eigenvalue weighted by Gasteiger charge is 2.29. The number of rotatable bonds is 37. The van der Waals surface area contributed by atoms with Gasteiger partial charge in [-0.15, -0.1) is 10.2 Å². The second-order valence-electron chi connectivity index (χ2n) is 28.2. The highest BCUT2D eigenvalue weighted by molar-refractivity contribution is 5.84. The molecule has 42 nitrogen and oxygen atoms in total. The third kappa shape index (κ3) is 34.8. The first-order chi connectivity index (χ1) is 51.8. The fourth-order valence-electron chi connectivity index (χ4n) is 12.9. The number of hydrogen-bond donors (Lipinski definition) is 14. The molecule has 1 aromatic carbocycles. The standard InChI is InChI=1S/C67H110N20O22/c1-48(2)47-109-67-53(55(68)30-69-29-50(88)31-74-3-9-77(38-58(91)92)15-21-83(44-64(103)104)22-16-78(10-4-74)39-59(93)94)27-49(56-36-86(72-70-56)34-51(89)32-75-5-11-79(40-60(95)96)17-23-84(45-65(105)106)24-18-80(12-6-75)41-61(97)98)28-54(67)57-37-87(73-71-57)35-52(90)33-76-7-13-81(42-62(99)100)19-25-85(46-66(107)108)26-20-82(14-8-76)43-63(101)102/h27-28,30,36-37,48,50-52,69,88-90H,3-26,29,31-35,38-47,68H2,1-2H3,(H,91,92)(H,93,94)(H,95,96)(H,97,98)(H,99,100)(H,101,102)(H,103,104)(H,105,106)(H,107,108)/b55-30-. The zero-order chi connectivity index (χ0) is 79.7. The van der Waals surface area contributed by atoms with Crippen molar-refractivity contribution in [3.05, 3.63) is 36.3 Å². The van der Waals surface area contributed by atoms with Crippen LogP contribution in [-0.2, 0) is 56.2 Å². The molecule has 109 heavy (non-hydrogen) atoms. The summed E-state index contributed by atoms with van der Waals surface area (Å²) in [6.07, 6.45) is 1.30. The summed E-state index contributed by atoms with van der Waals surface area (Å²) in [6.45, 7) is 6.01. The number of carboxylic acids is 9. The smallest absolute Gasteiger partial charge is 0.317 e. The van der Waals surface area contributed by atoms with Crippen LogP contribution >= 0.6 is 0 Å².